The molecule has 0 amide bonds. The van der Waals surface area contributed by atoms with Crippen LogP contribution in [-0.4, -0.2) is 30.6 Å². The number of carbonyl (C=O) groups excluding carboxylic acids is 1. The number of anilines is 1. The number of aromatic nitrogens is 1. The predicted octanol–water partition coefficient (Wildman–Crippen LogP) is 6.43. The molecule has 7 heteroatoms. The number of piperidine rings is 1. The van der Waals surface area contributed by atoms with Crippen LogP contribution in [0.5, 0.6) is 11.8 Å². The summed E-state index contributed by atoms with van der Waals surface area (Å²) in [7, 11) is 1.43. The summed E-state index contributed by atoms with van der Waals surface area (Å²) in [6, 6.07) is 28.8. The average Bonchev–Trinajstić information content (AvgIpc) is 3.61. The van der Waals surface area contributed by atoms with Crippen molar-refractivity contribution in [2.45, 2.75) is 32.1 Å². The zero-order valence-corrected chi connectivity index (χ0v) is 22.3. The summed E-state index contributed by atoms with van der Waals surface area (Å²) in [5, 5.41) is 0. The molecule has 6 rings (SSSR count). The molecule has 0 spiro atoms. The lowest BCUT2D eigenvalue weighted by molar-refractivity contribution is -0.146. The van der Waals surface area contributed by atoms with Gasteiger partial charge >= 0.3 is 5.97 Å². The summed E-state index contributed by atoms with van der Waals surface area (Å²) in [6.07, 6.45) is 1.58. The molecule has 1 aliphatic carbocycles. The standard InChI is InChI=1S/C33H31FN2O4/c1-38-33(37)28-18-26-16-25(28)19-36(26)30-14-12-24(17-29(30)34)27-13-15-31(39-20-22-8-4-2-5-9-22)35-32(27)40-21-23-10-6-3-7-11-23/h2-15,17,25-26,28H,16,18-21H2,1H3/t25-,26-,28-/m0/s1. The Morgan fingerprint density at radius 3 is 2.23 bits per heavy atom. The van der Waals surface area contributed by atoms with Crippen LogP contribution in [0.15, 0.2) is 91.0 Å². The van der Waals surface area contributed by atoms with Gasteiger partial charge in [-0.05, 0) is 53.6 Å². The van der Waals surface area contributed by atoms with E-state index in [1.54, 1.807) is 6.07 Å². The Labute approximate surface area is 233 Å². The van der Waals surface area contributed by atoms with Crippen molar-refractivity contribution in [3.63, 3.8) is 0 Å². The Morgan fingerprint density at radius 2 is 1.60 bits per heavy atom. The van der Waals surface area contributed by atoms with Gasteiger partial charge in [-0.25, -0.2) is 4.39 Å². The number of methoxy groups -OCH3 is 1. The SMILES string of the molecule is COC(=O)[C@H]1C[C@@H]2C[C@H]1CN2c1ccc(-c2ccc(OCc3ccccc3)nc2OCc2ccccc2)cc1F. The summed E-state index contributed by atoms with van der Waals surface area (Å²) in [5.41, 5.74) is 3.94. The first-order chi connectivity index (χ1) is 19.6. The van der Waals surface area contributed by atoms with Gasteiger partial charge in [-0.15, -0.1) is 0 Å². The van der Waals surface area contributed by atoms with Crippen molar-refractivity contribution in [1.82, 2.24) is 4.98 Å². The summed E-state index contributed by atoms with van der Waals surface area (Å²) < 4.78 is 32.6. The third-order valence-corrected chi connectivity index (χ3v) is 7.90. The number of halogens is 1. The maximum atomic E-state index is 15.6. The van der Waals surface area contributed by atoms with Gasteiger partial charge in [-0.3, -0.25) is 4.79 Å². The highest BCUT2D eigenvalue weighted by molar-refractivity contribution is 5.75. The lowest BCUT2D eigenvalue weighted by Gasteiger charge is -2.32. The lowest BCUT2D eigenvalue weighted by Crippen LogP contribution is -2.38. The Morgan fingerprint density at radius 1 is 0.900 bits per heavy atom. The number of carbonyl (C=O) groups is 1. The second-order valence-electron chi connectivity index (χ2n) is 10.4. The molecule has 1 aliphatic heterocycles. The predicted molar refractivity (Wildman–Crippen MR) is 151 cm³/mol. The van der Waals surface area contributed by atoms with E-state index in [9.17, 15) is 4.79 Å². The van der Waals surface area contributed by atoms with Crippen LogP contribution in [0.4, 0.5) is 10.1 Å². The minimum Gasteiger partial charge on any atom is -0.473 e. The topological polar surface area (TPSA) is 60.9 Å². The van der Waals surface area contributed by atoms with E-state index in [0.717, 1.165) is 17.5 Å². The van der Waals surface area contributed by atoms with Gasteiger partial charge in [-0.1, -0.05) is 66.7 Å². The van der Waals surface area contributed by atoms with Gasteiger partial charge in [0.2, 0.25) is 11.8 Å². The number of fused-ring (bicyclic) bond motifs is 2. The first-order valence-electron chi connectivity index (χ1n) is 13.6. The molecule has 2 bridgehead atoms. The van der Waals surface area contributed by atoms with E-state index in [0.29, 0.717) is 54.8 Å². The maximum Gasteiger partial charge on any atom is 0.309 e. The van der Waals surface area contributed by atoms with Crippen LogP contribution in [0.1, 0.15) is 24.0 Å². The van der Waals surface area contributed by atoms with E-state index in [1.807, 2.05) is 78.9 Å². The van der Waals surface area contributed by atoms with Crippen LogP contribution in [0, 0.1) is 17.7 Å². The smallest absolute Gasteiger partial charge is 0.309 e. The van der Waals surface area contributed by atoms with Crippen molar-refractivity contribution in [2.24, 2.45) is 11.8 Å². The van der Waals surface area contributed by atoms with Gasteiger partial charge < -0.3 is 19.1 Å². The third-order valence-electron chi connectivity index (χ3n) is 7.90. The molecule has 40 heavy (non-hydrogen) atoms. The van der Waals surface area contributed by atoms with Gasteiger partial charge in [0, 0.05) is 24.2 Å². The van der Waals surface area contributed by atoms with Crippen LogP contribution >= 0.6 is 0 Å². The van der Waals surface area contributed by atoms with E-state index in [-0.39, 0.29) is 29.7 Å². The fourth-order valence-corrected chi connectivity index (χ4v) is 5.89. The molecule has 6 nitrogen and oxygen atoms in total. The molecule has 204 valence electrons. The van der Waals surface area contributed by atoms with Crippen LogP contribution in [0.3, 0.4) is 0 Å². The largest absolute Gasteiger partial charge is 0.473 e. The number of ether oxygens (including phenoxy) is 3. The third kappa shape index (κ3) is 5.37. The van der Waals surface area contributed by atoms with Crippen LogP contribution in [0.2, 0.25) is 0 Å². The fraction of sp³-hybridized carbons (Fsp3) is 0.273. The molecule has 0 N–H and O–H groups in total. The number of hydrogen-bond acceptors (Lipinski definition) is 6. The fourth-order valence-electron chi connectivity index (χ4n) is 5.89. The molecule has 2 fully saturated rings. The number of rotatable bonds is 9. The Hall–Kier alpha value is -4.39. The summed E-state index contributed by atoms with van der Waals surface area (Å²) in [6.45, 7) is 1.35. The molecule has 1 saturated heterocycles. The van der Waals surface area contributed by atoms with Crippen molar-refractivity contribution in [3.8, 4) is 22.9 Å². The molecule has 0 radical (unpaired) electrons. The molecule has 2 heterocycles. The second kappa shape index (κ2) is 11.4. The van der Waals surface area contributed by atoms with Crippen molar-refractivity contribution in [3.05, 3.63) is 108 Å². The number of nitrogens with zero attached hydrogens (tertiary/aromatic N) is 2. The number of pyridine rings is 1. The summed E-state index contributed by atoms with van der Waals surface area (Å²) >= 11 is 0. The van der Waals surface area contributed by atoms with E-state index >= 15 is 4.39 Å². The van der Waals surface area contributed by atoms with Gasteiger partial charge in [0.15, 0.2) is 0 Å². The van der Waals surface area contributed by atoms with Crippen LogP contribution in [0.25, 0.3) is 11.1 Å². The summed E-state index contributed by atoms with van der Waals surface area (Å²) in [4.78, 5) is 18.8. The van der Waals surface area contributed by atoms with E-state index in [4.69, 9.17) is 14.2 Å². The van der Waals surface area contributed by atoms with Gasteiger partial charge in [0.25, 0.3) is 0 Å². The first kappa shape index (κ1) is 25.9. The quantitative estimate of drug-likeness (QED) is 0.229. The molecular weight excluding hydrogens is 507 g/mol. The molecule has 2 aliphatic rings. The van der Waals surface area contributed by atoms with E-state index in [2.05, 4.69) is 9.88 Å². The number of hydrogen-bond donors (Lipinski definition) is 0. The summed E-state index contributed by atoms with van der Waals surface area (Å²) in [5.74, 6) is 0.449. The van der Waals surface area contributed by atoms with Gasteiger partial charge in [-0.2, -0.15) is 4.98 Å². The number of esters is 1. The van der Waals surface area contributed by atoms with Crippen molar-refractivity contribution in [1.29, 1.82) is 0 Å². The highest BCUT2D eigenvalue weighted by Gasteiger charge is 2.48. The van der Waals surface area contributed by atoms with Gasteiger partial charge in [0.1, 0.15) is 19.0 Å². The van der Waals surface area contributed by atoms with Crippen molar-refractivity contribution < 1.29 is 23.4 Å². The highest BCUT2D eigenvalue weighted by Crippen LogP contribution is 2.45. The monoisotopic (exact) mass is 538 g/mol. The van der Waals surface area contributed by atoms with Crippen LogP contribution < -0.4 is 14.4 Å². The molecule has 3 aromatic carbocycles. The molecule has 3 atom stereocenters. The van der Waals surface area contributed by atoms with Crippen LogP contribution in [-0.2, 0) is 22.7 Å². The first-order valence-corrected chi connectivity index (χ1v) is 13.6. The second-order valence-corrected chi connectivity index (χ2v) is 10.4. The number of benzene rings is 3. The Balaban J connectivity index is 1.24. The zero-order valence-electron chi connectivity index (χ0n) is 22.3. The lowest BCUT2D eigenvalue weighted by atomic mass is 9.94. The van der Waals surface area contributed by atoms with Crippen molar-refractivity contribution in [2.75, 3.05) is 18.6 Å². The molecule has 0 unspecified atom stereocenters. The minimum absolute atomic E-state index is 0.0911. The van der Waals surface area contributed by atoms with Crippen molar-refractivity contribution >= 4 is 11.7 Å². The maximum absolute atomic E-state index is 15.6. The molecule has 1 aromatic heterocycles. The molecular formula is C33H31FN2O4. The zero-order chi connectivity index (χ0) is 27.5. The van der Waals surface area contributed by atoms with Gasteiger partial charge in [0.05, 0.1) is 18.7 Å². The average molecular weight is 539 g/mol. The Kier molecular flexibility index (Phi) is 7.36. The normalized spacial score (nSPS) is 19.4. The highest BCUT2D eigenvalue weighted by atomic mass is 19.1. The Bertz CT molecular complexity index is 1480. The minimum atomic E-state index is -0.307. The molecule has 4 aromatic rings. The molecule has 1 saturated carbocycles. The van der Waals surface area contributed by atoms with E-state index in [1.165, 1.54) is 13.2 Å². The van der Waals surface area contributed by atoms with E-state index < -0.39 is 0 Å².